The maximum atomic E-state index is 11.7. The average molecular weight is 372 g/mol. The van der Waals surface area contributed by atoms with Crippen LogP contribution in [0.1, 0.15) is 22.8 Å². The standard InChI is InChI=1S/C22H20N4O2/c1-15(27)17-4-3-5-18(12-17)20-14-25-22-21(23-10-11-26(20)22)24-13-16-6-8-19(28-2)9-7-16/h3-12,14H,13H2,1-2H3,(H,23,24). The normalized spacial score (nSPS) is 10.8. The number of nitrogens with zero attached hydrogens (tertiary/aromatic N) is 3. The third-order valence-corrected chi connectivity index (χ3v) is 4.61. The van der Waals surface area contributed by atoms with Gasteiger partial charge in [-0.05, 0) is 30.7 Å². The highest BCUT2D eigenvalue weighted by Crippen LogP contribution is 2.24. The van der Waals surface area contributed by atoms with E-state index >= 15 is 0 Å². The van der Waals surface area contributed by atoms with Crippen molar-refractivity contribution >= 4 is 17.2 Å². The van der Waals surface area contributed by atoms with Gasteiger partial charge in [0.1, 0.15) is 5.75 Å². The van der Waals surface area contributed by atoms with E-state index < -0.39 is 0 Å². The average Bonchev–Trinajstić information content (AvgIpc) is 3.17. The fraction of sp³-hybridized carbons (Fsp3) is 0.136. The van der Waals surface area contributed by atoms with E-state index in [1.807, 2.05) is 59.1 Å². The first-order valence-corrected chi connectivity index (χ1v) is 8.96. The third-order valence-electron chi connectivity index (χ3n) is 4.61. The van der Waals surface area contributed by atoms with Crippen molar-refractivity contribution < 1.29 is 9.53 Å². The van der Waals surface area contributed by atoms with Crippen LogP contribution in [0.4, 0.5) is 5.82 Å². The number of anilines is 1. The number of ketones is 1. The Morgan fingerprint density at radius 1 is 1.14 bits per heavy atom. The Morgan fingerprint density at radius 2 is 1.96 bits per heavy atom. The Kier molecular flexibility index (Phi) is 4.76. The summed E-state index contributed by atoms with van der Waals surface area (Å²) in [6, 6.07) is 15.4. The van der Waals surface area contributed by atoms with Gasteiger partial charge in [-0.1, -0.05) is 30.3 Å². The monoisotopic (exact) mass is 372 g/mol. The predicted molar refractivity (Wildman–Crippen MR) is 109 cm³/mol. The predicted octanol–water partition coefficient (Wildman–Crippen LogP) is 4.22. The van der Waals surface area contributed by atoms with Crippen LogP contribution >= 0.6 is 0 Å². The third kappa shape index (κ3) is 3.44. The number of ether oxygens (including phenoxy) is 1. The van der Waals surface area contributed by atoms with Gasteiger partial charge in [-0.25, -0.2) is 9.97 Å². The quantitative estimate of drug-likeness (QED) is 0.513. The Balaban J connectivity index is 1.63. The Bertz CT molecular complexity index is 1130. The van der Waals surface area contributed by atoms with Gasteiger partial charge in [0.25, 0.3) is 0 Å². The van der Waals surface area contributed by atoms with E-state index in [9.17, 15) is 4.79 Å². The maximum absolute atomic E-state index is 11.7. The number of fused-ring (bicyclic) bond motifs is 1. The zero-order chi connectivity index (χ0) is 19.5. The largest absolute Gasteiger partial charge is 0.497 e. The molecule has 0 aliphatic carbocycles. The molecule has 2 aromatic heterocycles. The minimum Gasteiger partial charge on any atom is -0.497 e. The summed E-state index contributed by atoms with van der Waals surface area (Å²) in [5.41, 5.74) is 4.38. The molecule has 28 heavy (non-hydrogen) atoms. The van der Waals surface area contributed by atoms with Crippen LogP contribution in [0.3, 0.4) is 0 Å². The van der Waals surface area contributed by atoms with Crippen molar-refractivity contribution in [1.29, 1.82) is 0 Å². The molecule has 0 saturated carbocycles. The zero-order valence-electron chi connectivity index (χ0n) is 15.7. The van der Waals surface area contributed by atoms with Crippen LogP contribution < -0.4 is 10.1 Å². The van der Waals surface area contributed by atoms with E-state index in [-0.39, 0.29) is 5.78 Å². The van der Waals surface area contributed by atoms with Gasteiger partial charge >= 0.3 is 0 Å². The summed E-state index contributed by atoms with van der Waals surface area (Å²) >= 11 is 0. The molecule has 2 heterocycles. The summed E-state index contributed by atoms with van der Waals surface area (Å²) in [4.78, 5) is 20.7. The van der Waals surface area contributed by atoms with E-state index in [1.165, 1.54) is 0 Å². The van der Waals surface area contributed by atoms with Crippen molar-refractivity contribution in [2.24, 2.45) is 0 Å². The van der Waals surface area contributed by atoms with Gasteiger partial charge in [0, 0.05) is 30.1 Å². The topological polar surface area (TPSA) is 68.5 Å². The summed E-state index contributed by atoms with van der Waals surface area (Å²) in [7, 11) is 1.65. The molecule has 4 aromatic rings. The van der Waals surface area contributed by atoms with Gasteiger partial charge in [-0.2, -0.15) is 0 Å². The van der Waals surface area contributed by atoms with Crippen molar-refractivity contribution in [2.45, 2.75) is 13.5 Å². The lowest BCUT2D eigenvalue weighted by Gasteiger charge is -2.09. The molecule has 0 bridgehead atoms. The fourth-order valence-corrected chi connectivity index (χ4v) is 3.08. The highest BCUT2D eigenvalue weighted by atomic mass is 16.5. The maximum Gasteiger partial charge on any atom is 0.180 e. The van der Waals surface area contributed by atoms with Crippen LogP contribution in [0.25, 0.3) is 16.9 Å². The van der Waals surface area contributed by atoms with Crippen molar-refractivity contribution in [2.75, 3.05) is 12.4 Å². The number of Topliss-reactive ketones (excluding diaryl/α,β-unsaturated/α-hetero) is 1. The Hall–Kier alpha value is -3.67. The van der Waals surface area contributed by atoms with E-state index in [4.69, 9.17) is 4.74 Å². The molecule has 2 aromatic carbocycles. The SMILES string of the molecule is COc1ccc(CNc2nccn3c(-c4cccc(C(C)=O)c4)cnc23)cc1. The second-order valence-electron chi connectivity index (χ2n) is 6.45. The lowest BCUT2D eigenvalue weighted by atomic mass is 10.1. The molecule has 0 aliphatic rings. The van der Waals surface area contributed by atoms with E-state index in [2.05, 4.69) is 15.3 Å². The first-order chi connectivity index (χ1) is 13.7. The minimum atomic E-state index is 0.0409. The van der Waals surface area contributed by atoms with Crippen LogP contribution in [0.5, 0.6) is 5.75 Å². The van der Waals surface area contributed by atoms with Gasteiger partial charge in [-0.3, -0.25) is 9.20 Å². The van der Waals surface area contributed by atoms with Gasteiger partial charge in [-0.15, -0.1) is 0 Å². The smallest absolute Gasteiger partial charge is 0.180 e. The molecule has 6 nitrogen and oxygen atoms in total. The van der Waals surface area contributed by atoms with Gasteiger partial charge in [0.05, 0.1) is 19.0 Å². The summed E-state index contributed by atoms with van der Waals surface area (Å²) in [5.74, 6) is 1.57. The van der Waals surface area contributed by atoms with E-state index in [1.54, 1.807) is 26.4 Å². The van der Waals surface area contributed by atoms with Gasteiger partial charge in [0.15, 0.2) is 17.2 Å². The molecule has 0 spiro atoms. The second-order valence-corrected chi connectivity index (χ2v) is 6.45. The van der Waals surface area contributed by atoms with E-state index in [0.717, 1.165) is 28.2 Å². The Morgan fingerprint density at radius 3 is 2.71 bits per heavy atom. The number of aromatic nitrogens is 3. The number of hydrogen-bond donors (Lipinski definition) is 1. The fourth-order valence-electron chi connectivity index (χ4n) is 3.08. The molecule has 4 rings (SSSR count). The van der Waals surface area contributed by atoms with Gasteiger partial charge in [0.2, 0.25) is 0 Å². The van der Waals surface area contributed by atoms with E-state index in [0.29, 0.717) is 17.9 Å². The van der Waals surface area contributed by atoms with Crippen LogP contribution in [-0.2, 0) is 6.54 Å². The molecular weight excluding hydrogens is 352 g/mol. The summed E-state index contributed by atoms with van der Waals surface area (Å²) in [6.45, 7) is 2.19. The van der Waals surface area contributed by atoms with Crippen LogP contribution in [0.2, 0.25) is 0 Å². The molecule has 0 saturated heterocycles. The number of carbonyl (C=O) groups is 1. The summed E-state index contributed by atoms with van der Waals surface area (Å²) in [6.07, 6.45) is 5.41. The molecule has 0 aliphatic heterocycles. The second kappa shape index (κ2) is 7.52. The zero-order valence-corrected chi connectivity index (χ0v) is 15.7. The number of methoxy groups -OCH3 is 1. The first-order valence-electron chi connectivity index (χ1n) is 8.96. The summed E-state index contributed by atoms with van der Waals surface area (Å²) < 4.78 is 7.17. The van der Waals surface area contributed by atoms with Crippen molar-refractivity contribution in [1.82, 2.24) is 14.4 Å². The highest BCUT2D eigenvalue weighted by Gasteiger charge is 2.11. The molecule has 0 radical (unpaired) electrons. The molecule has 0 amide bonds. The molecule has 0 fully saturated rings. The lowest BCUT2D eigenvalue weighted by molar-refractivity contribution is 0.101. The molecule has 6 heteroatoms. The van der Waals surface area contributed by atoms with Crippen molar-refractivity contribution in [3.8, 4) is 17.0 Å². The Labute approximate surface area is 162 Å². The van der Waals surface area contributed by atoms with Crippen LogP contribution in [0, 0.1) is 0 Å². The molecule has 0 unspecified atom stereocenters. The summed E-state index contributed by atoms with van der Waals surface area (Å²) in [5, 5.41) is 3.35. The number of benzene rings is 2. The first kappa shape index (κ1) is 17.7. The number of imidazole rings is 1. The molecule has 1 N–H and O–H groups in total. The van der Waals surface area contributed by atoms with Crippen LogP contribution in [-0.4, -0.2) is 27.3 Å². The molecule has 0 atom stereocenters. The van der Waals surface area contributed by atoms with Crippen molar-refractivity contribution in [3.63, 3.8) is 0 Å². The molecule has 140 valence electrons. The lowest BCUT2D eigenvalue weighted by Crippen LogP contribution is -2.04. The van der Waals surface area contributed by atoms with Gasteiger partial charge < -0.3 is 10.1 Å². The number of hydrogen-bond acceptors (Lipinski definition) is 5. The number of carbonyl (C=O) groups excluding carboxylic acids is 1. The number of rotatable bonds is 6. The van der Waals surface area contributed by atoms with Crippen molar-refractivity contribution in [3.05, 3.63) is 78.2 Å². The minimum absolute atomic E-state index is 0.0409. The number of nitrogens with one attached hydrogen (secondary N) is 1. The highest BCUT2D eigenvalue weighted by molar-refractivity contribution is 5.95. The van der Waals surface area contributed by atoms with Crippen LogP contribution in [0.15, 0.2) is 67.1 Å². The molecular formula is C22H20N4O2.